The van der Waals surface area contributed by atoms with Crippen molar-refractivity contribution in [3.63, 3.8) is 0 Å². The molecule has 1 fully saturated rings. The zero-order chi connectivity index (χ0) is 27.2. The topological polar surface area (TPSA) is 66.4 Å². The van der Waals surface area contributed by atoms with Crippen molar-refractivity contribution in [3.8, 4) is 5.88 Å². The van der Waals surface area contributed by atoms with Gasteiger partial charge in [-0.05, 0) is 46.0 Å². The van der Waals surface area contributed by atoms with E-state index < -0.39 is 23.6 Å². The van der Waals surface area contributed by atoms with Crippen LogP contribution < -0.4 is 15.0 Å². The number of fused-ring (bicyclic) bond motifs is 2. The van der Waals surface area contributed by atoms with Crippen molar-refractivity contribution in [2.75, 3.05) is 44.0 Å². The lowest BCUT2D eigenvalue weighted by Gasteiger charge is -2.43. The fraction of sp³-hybridized carbons (Fsp3) is 0.444. The van der Waals surface area contributed by atoms with E-state index in [2.05, 4.69) is 32.1 Å². The Morgan fingerprint density at radius 1 is 1.16 bits per heavy atom. The number of benzene rings is 1. The molecule has 0 radical (unpaired) electrons. The average Bonchev–Trinajstić information content (AvgIpc) is 3.24. The highest BCUT2D eigenvalue weighted by Gasteiger charge is 2.46. The van der Waals surface area contributed by atoms with Crippen LogP contribution in [0.15, 0.2) is 36.5 Å². The molecule has 2 aliphatic heterocycles. The molecule has 11 heteroatoms. The highest BCUT2D eigenvalue weighted by molar-refractivity contribution is 5.59. The third-order valence-corrected chi connectivity index (χ3v) is 7.45. The van der Waals surface area contributed by atoms with Crippen LogP contribution in [-0.4, -0.2) is 53.6 Å². The molecule has 1 N–H and O–H groups in total. The lowest BCUT2D eigenvalue weighted by Crippen LogP contribution is -2.48. The van der Waals surface area contributed by atoms with E-state index >= 15 is 0 Å². The Kier molecular flexibility index (Phi) is 6.66. The van der Waals surface area contributed by atoms with Crippen molar-refractivity contribution in [2.45, 2.75) is 44.4 Å². The van der Waals surface area contributed by atoms with Crippen molar-refractivity contribution < 1.29 is 22.3 Å². The number of anilines is 2. The molecule has 4 heterocycles. The first-order chi connectivity index (χ1) is 18.0. The van der Waals surface area contributed by atoms with Gasteiger partial charge in [0.1, 0.15) is 17.5 Å². The molecule has 1 unspecified atom stereocenters. The third-order valence-electron chi connectivity index (χ3n) is 7.45. The predicted octanol–water partition coefficient (Wildman–Crippen LogP) is 5.11. The summed E-state index contributed by atoms with van der Waals surface area (Å²) in [5.41, 5.74) is 1.09. The maximum absolute atomic E-state index is 15.0. The van der Waals surface area contributed by atoms with Gasteiger partial charge in [0.05, 0.1) is 24.4 Å². The Balaban J connectivity index is 1.57. The molecule has 5 rings (SSSR count). The first-order valence-corrected chi connectivity index (χ1v) is 12.4. The van der Waals surface area contributed by atoms with Gasteiger partial charge in [0, 0.05) is 54.1 Å². The zero-order valence-corrected chi connectivity index (χ0v) is 21.7. The first kappa shape index (κ1) is 26.1. The van der Waals surface area contributed by atoms with E-state index in [0.717, 1.165) is 49.1 Å². The molecule has 202 valence electrons. The number of hydrogen-bond acceptors (Lipinski definition) is 7. The van der Waals surface area contributed by atoms with Crippen molar-refractivity contribution in [1.29, 1.82) is 0 Å². The van der Waals surface area contributed by atoms with Crippen molar-refractivity contribution in [3.05, 3.63) is 70.6 Å². The second-order valence-electron chi connectivity index (χ2n) is 10.2. The summed E-state index contributed by atoms with van der Waals surface area (Å²) >= 11 is 0. The molecular weight excluding hydrogens is 500 g/mol. The minimum Gasteiger partial charge on any atom is -0.481 e. The quantitative estimate of drug-likeness (QED) is 0.460. The van der Waals surface area contributed by atoms with Gasteiger partial charge in [0.15, 0.2) is 0 Å². The number of alkyl halides is 3. The summed E-state index contributed by atoms with van der Waals surface area (Å²) in [6.07, 6.45) is -2.19. The van der Waals surface area contributed by atoms with Crippen LogP contribution >= 0.6 is 0 Å². The molecule has 0 aliphatic carbocycles. The molecule has 0 bridgehead atoms. The van der Waals surface area contributed by atoms with Crippen LogP contribution in [0.3, 0.4) is 0 Å². The Morgan fingerprint density at radius 3 is 2.63 bits per heavy atom. The fourth-order valence-corrected chi connectivity index (χ4v) is 5.67. The summed E-state index contributed by atoms with van der Waals surface area (Å²) in [6, 6.07) is 6.37. The van der Waals surface area contributed by atoms with E-state index in [-0.39, 0.29) is 11.0 Å². The van der Waals surface area contributed by atoms with E-state index in [1.807, 2.05) is 12.1 Å². The summed E-state index contributed by atoms with van der Waals surface area (Å²) < 4.78 is 60.3. The molecule has 7 nitrogen and oxygen atoms in total. The van der Waals surface area contributed by atoms with Crippen LogP contribution in [0.1, 0.15) is 47.6 Å². The second-order valence-corrected chi connectivity index (χ2v) is 10.2. The van der Waals surface area contributed by atoms with Gasteiger partial charge in [-0.25, -0.2) is 19.3 Å². The number of nitrogens with zero attached hydrogens (tertiary/aromatic N) is 5. The number of rotatable bonds is 5. The van der Waals surface area contributed by atoms with E-state index in [1.54, 1.807) is 27.2 Å². The summed E-state index contributed by atoms with van der Waals surface area (Å²) in [6.45, 7) is 6.33. The number of ether oxygens (including phenoxy) is 1. The monoisotopic (exact) mass is 530 g/mol. The largest absolute Gasteiger partial charge is 0.481 e. The number of pyridine rings is 1. The standard InChI is InChI=1S/C27H30F4N6O/c1-16(19-6-5-7-21(23(19)28)27(29,30)31)33-25-20-13-37(18-8-10-32-22(12-18)38-4)15-26(9-11-36(3)14-26)24(20)34-17(2)35-25/h5-8,10,12,16H,9,11,13-15H2,1-4H3,(H,33,34,35)/t16-,26?/m1/s1. The predicted molar refractivity (Wildman–Crippen MR) is 136 cm³/mol. The number of nitrogens with one attached hydrogen (secondary N) is 1. The van der Waals surface area contributed by atoms with Gasteiger partial charge in [-0.2, -0.15) is 13.2 Å². The average molecular weight is 531 g/mol. The number of halogens is 4. The van der Waals surface area contributed by atoms with Crippen LogP contribution in [0.25, 0.3) is 0 Å². The molecule has 0 amide bonds. The minimum atomic E-state index is -4.78. The number of aromatic nitrogens is 3. The van der Waals surface area contributed by atoms with Crippen LogP contribution in [0.5, 0.6) is 5.88 Å². The van der Waals surface area contributed by atoms with E-state index in [4.69, 9.17) is 9.72 Å². The first-order valence-electron chi connectivity index (χ1n) is 12.4. The van der Waals surface area contributed by atoms with Crippen molar-refractivity contribution >= 4 is 11.5 Å². The highest BCUT2D eigenvalue weighted by Crippen LogP contribution is 2.44. The lowest BCUT2D eigenvalue weighted by molar-refractivity contribution is -0.140. The van der Waals surface area contributed by atoms with Gasteiger partial charge in [0.25, 0.3) is 0 Å². The summed E-state index contributed by atoms with van der Waals surface area (Å²) in [7, 11) is 3.65. The Hall–Kier alpha value is -3.47. The molecule has 2 aromatic heterocycles. The van der Waals surface area contributed by atoms with E-state index in [1.165, 1.54) is 12.1 Å². The SMILES string of the molecule is COc1cc(N2Cc3c(N[C@H](C)c4cccc(C(F)(F)F)c4F)nc(C)nc3C3(CCN(C)C3)C2)ccn1. The summed E-state index contributed by atoms with van der Waals surface area (Å²) in [5, 5.41) is 3.22. The van der Waals surface area contributed by atoms with Crippen LogP contribution in [0.4, 0.5) is 29.1 Å². The molecule has 1 aromatic carbocycles. The van der Waals surface area contributed by atoms with Crippen LogP contribution in [0, 0.1) is 12.7 Å². The third kappa shape index (κ3) is 4.75. The molecule has 2 atom stereocenters. The molecule has 1 spiro atoms. The molecule has 3 aromatic rings. The maximum atomic E-state index is 15.0. The van der Waals surface area contributed by atoms with Crippen LogP contribution in [0.2, 0.25) is 0 Å². The van der Waals surface area contributed by atoms with Crippen molar-refractivity contribution in [2.24, 2.45) is 0 Å². The summed E-state index contributed by atoms with van der Waals surface area (Å²) in [5.74, 6) is 0.268. The number of methoxy groups -OCH3 is 1. The number of likely N-dealkylation sites (tertiary alicyclic amines) is 1. The Bertz CT molecular complexity index is 1350. The Morgan fingerprint density at radius 2 is 1.95 bits per heavy atom. The van der Waals surface area contributed by atoms with Gasteiger partial charge >= 0.3 is 6.18 Å². The summed E-state index contributed by atoms with van der Waals surface area (Å²) in [4.78, 5) is 18.2. The van der Waals surface area contributed by atoms with Gasteiger partial charge in [-0.3, -0.25) is 0 Å². The Labute approximate surface area is 218 Å². The molecule has 0 saturated carbocycles. The normalized spacial score (nSPS) is 20.5. The number of aryl methyl sites for hydroxylation is 1. The lowest BCUT2D eigenvalue weighted by atomic mass is 9.77. The minimum absolute atomic E-state index is 0.0771. The second kappa shape index (κ2) is 9.68. The molecule has 38 heavy (non-hydrogen) atoms. The molecular formula is C27H30F4N6O. The van der Waals surface area contributed by atoms with Gasteiger partial charge in [-0.1, -0.05) is 12.1 Å². The molecule has 1 saturated heterocycles. The maximum Gasteiger partial charge on any atom is 0.419 e. The van der Waals surface area contributed by atoms with Crippen LogP contribution in [-0.2, 0) is 18.1 Å². The smallest absolute Gasteiger partial charge is 0.419 e. The molecule has 2 aliphatic rings. The van der Waals surface area contributed by atoms with E-state index in [0.29, 0.717) is 24.1 Å². The van der Waals surface area contributed by atoms with Gasteiger partial charge in [0.2, 0.25) is 5.88 Å². The van der Waals surface area contributed by atoms with Gasteiger partial charge in [-0.15, -0.1) is 0 Å². The number of likely N-dealkylation sites (N-methyl/N-ethyl adjacent to an activating group) is 1. The van der Waals surface area contributed by atoms with Gasteiger partial charge < -0.3 is 19.9 Å². The van der Waals surface area contributed by atoms with Crippen molar-refractivity contribution in [1.82, 2.24) is 19.9 Å². The zero-order valence-electron chi connectivity index (χ0n) is 21.7. The fourth-order valence-electron chi connectivity index (χ4n) is 5.67. The number of hydrogen-bond donors (Lipinski definition) is 1. The highest BCUT2D eigenvalue weighted by atomic mass is 19.4. The van der Waals surface area contributed by atoms with E-state index in [9.17, 15) is 17.6 Å².